The van der Waals surface area contributed by atoms with E-state index in [9.17, 15) is 22.8 Å². The largest absolute Gasteiger partial charge is 0.349 e. The molecule has 1 aliphatic carbocycles. The van der Waals surface area contributed by atoms with Crippen LogP contribution >= 0.6 is 0 Å². The van der Waals surface area contributed by atoms with Crippen LogP contribution in [0.3, 0.4) is 0 Å². The summed E-state index contributed by atoms with van der Waals surface area (Å²) in [6, 6.07) is 3.72. The van der Waals surface area contributed by atoms with Gasteiger partial charge in [-0.2, -0.15) is 5.26 Å². The van der Waals surface area contributed by atoms with E-state index in [1.165, 1.54) is 11.0 Å². The van der Waals surface area contributed by atoms with Crippen molar-refractivity contribution in [3.8, 4) is 6.07 Å². The molecule has 0 radical (unpaired) electrons. The molecule has 0 spiro atoms. The van der Waals surface area contributed by atoms with Crippen LogP contribution in [0.2, 0.25) is 0 Å². The summed E-state index contributed by atoms with van der Waals surface area (Å²) in [6.45, 7) is -0.244. The van der Waals surface area contributed by atoms with Gasteiger partial charge >= 0.3 is 0 Å². The van der Waals surface area contributed by atoms with E-state index in [1.807, 2.05) is 6.07 Å². The van der Waals surface area contributed by atoms with Crippen LogP contribution in [0.5, 0.6) is 0 Å². The zero-order chi connectivity index (χ0) is 20.0. The van der Waals surface area contributed by atoms with E-state index in [0.717, 1.165) is 6.07 Å². The number of aliphatic imine (C=N–C) groups is 1. The van der Waals surface area contributed by atoms with Crippen LogP contribution < -0.4 is 5.32 Å². The summed E-state index contributed by atoms with van der Waals surface area (Å²) < 4.78 is 41.8. The summed E-state index contributed by atoms with van der Waals surface area (Å²) in [5.74, 6) is -3.83. The second-order valence-corrected chi connectivity index (χ2v) is 7.27. The Bertz CT molecular complexity index is 926. The Morgan fingerprint density at radius 2 is 2.14 bits per heavy atom. The predicted octanol–water partition coefficient (Wildman–Crippen LogP) is 1.77. The van der Waals surface area contributed by atoms with Gasteiger partial charge in [0.15, 0.2) is 11.6 Å². The molecule has 28 heavy (non-hydrogen) atoms. The standard InChI is InChI=1S/C19H17F3N4O2/c20-12-2-1-10-11-4-15(17(10)18(12)22)26(19(11)28)8-16(27)25-7-14-13(21)3-9(5-23)6-24-14/h1-2,9,11,13,15H,3-4,6-8H2,(H,25,27)/t9?,11-,13?,15+/m1/s1. The van der Waals surface area contributed by atoms with Gasteiger partial charge in [0.1, 0.15) is 12.7 Å². The number of nitrogens with zero attached hydrogens (tertiary/aromatic N) is 3. The van der Waals surface area contributed by atoms with Crippen LogP contribution in [0, 0.1) is 28.9 Å². The van der Waals surface area contributed by atoms with E-state index in [0.29, 0.717) is 12.0 Å². The molecule has 2 heterocycles. The molecule has 146 valence electrons. The van der Waals surface area contributed by atoms with E-state index < -0.39 is 41.6 Å². The molecule has 4 rings (SSSR count). The van der Waals surface area contributed by atoms with Gasteiger partial charge in [-0.1, -0.05) is 6.07 Å². The van der Waals surface area contributed by atoms with Gasteiger partial charge in [-0.25, -0.2) is 13.2 Å². The maximum atomic E-state index is 14.2. The van der Waals surface area contributed by atoms with Gasteiger partial charge in [-0.15, -0.1) is 0 Å². The number of amides is 2. The van der Waals surface area contributed by atoms with Gasteiger partial charge in [-0.05, 0) is 18.1 Å². The van der Waals surface area contributed by atoms with E-state index in [2.05, 4.69) is 10.3 Å². The average Bonchev–Trinajstić information content (AvgIpc) is 3.20. The maximum absolute atomic E-state index is 14.2. The zero-order valence-corrected chi connectivity index (χ0v) is 14.8. The number of halogens is 3. The van der Waals surface area contributed by atoms with Gasteiger partial charge < -0.3 is 10.2 Å². The lowest BCUT2D eigenvalue weighted by molar-refractivity contribution is -0.135. The van der Waals surface area contributed by atoms with Gasteiger partial charge in [0, 0.05) is 12.0 Å². The molecular weight excluding hydrogens is 373 g/mol. The highest BCUT2D eigenvalue weighted by molar-refractivity contribution is 5.96. The molecule has 0 saturated carbocycles. The Labute approximate surface area is 159 Å². The van der Waals surface area contributed by atoms with Gasteiger partial charge in [0.2, 0.25) is 11.8 Å². The Hall–Kier alpha value is -2.89. The SMILES string of the molecule is N#CC1CN=C(CNC(=O)CN2C(=O)[C@@H]3C[C@H]2c2c3ccc(F)c2F)C(F)C1. The van der Waals surface area contributed by atoms with Crippen LogP contribution in [-0.4, -0.2) is 48.2 Å². The van der Waals surface area contributed by atoms with Gasteiger partial charge in [0.25, 0.3) is 0 Å². The maximum Gasteiger partial charge on any atom is 0.239 e. The number of nitrogens with one attached hydrogen (secondary N) is 1. The molecule has 1 aromatic rings. The number of likely N-dealkylation sites (tertiary alicyclic amines) is 1. The lowest BCUT2D eigenvalue weighted by Crippen LogP contribution is -2.44. The third-order valence-corrected chi connectivity index (χ3v) is 5.62. The molecule has 2 bridgehead atoms. The highest BCUT2D eigenvalue weighted by atomic mass is 19.2. The third-order valence-electron chi connectivity index (χ3n) is 5.62. The molecule has 2 unspecified atom stereocenters. The summed E-state index contributed by atoms with van der Waals surface area (Å²) in [5, 5.41) is 11.3. The Balaban J connectivity index is 1.41. The Morgan fingerprint density at radius 1 is 1.36 bits per heavy atom. The first-order valence-corrected chi connectivity index (χ1v) is 9.02. The van der Waals surface area contributed by atoms with Crippen LogP contribution in [0.15, 0.2) is 17.1 Å². The average molecular weight is 390 g/mol. The van der Waals surface area contributed by atoms with Crippen molar-refractivity contribution in [3.05, 3.63) is 34.9 Å². The second kappa shape index (κ2) is 6.93. The van der Waals surface area contributed by atoms with Crippen molar-refractivity contribution in [1.29, 1.82) is 5.26 Å². The van der Waals surface area contributed by atoms with Gasteiger partial charge in [-0.3, -0.25) is 14.6 Å². The first kappa shape index (κ1) is 18.5. The number of carbonyl (C=O) groups is 2. The van der Waals surface area contributed by atoms with Crippen LogP contribution in [0.25, 0.3) is 0 Å². The lowest BCUT2D eigenvalue weighted by Gasteiger charge is -2.29. The predicted molar refractivity (Wildman–Crippen MR) is 92.1 cm³/mol. The molecule has 3 aliphatic rings. The fraction of sp³-hybridized carbons (Fsp3) is 0.474. The highest BCUT2D eigenvalue weighted by Crippen LogP contribution is 2.51. The number of hydrogen-bond donors (Lipinski definition) is 1. The van der Waals surface area contributed by atoms with Crippen molar-refractivity contribution in [2.45, 2.75) is 31.0 Å². The monoisotopic (exact) mass is 390 g/mol. The number of nitriles is 1. The minimum absolute atomic E-state index is 0.0429. The smallest absolute Gasteiger partial charge is 0.239 e. The quantitative estimate of drug-likeness (QED) is 0.850. The summed E-state index contributed by atoms with van der Waals surface area (Å²) in [7, 11) is 0. The molecule has 2 amide bonds. The molecule has 6 nitrogen and oxygen atoms in total. The van der Waals surface area contributed by atoms with Crippen molar-refractivity contribution >= 4 is 17.5 Å². The molecule has 2 aliphatic heterocycles. The first-order valence-electron chi connectivity index (χ1n) is 9.02. The van der Waals surface area contributed by atoms with Crippen molar-refractivity contribution in [2.75, 3.05) is 19.6 Å². The topological polar surface area (TPSA) is 85.6 Å². The van der Waals surface area contributed by atoms with Crippen molar-refractivity contribution in [1.82, 2.24) is 10.2 Å². The van der Waals surface area contributed by atoms with Crippen molar-refractivity contribution < 1.29 is 22.8 Å². The Morgan fingerprint density at radius 3 is 2.86 bits per heavy atom. The lowest BCUT2D eigenvalue weighted by atomic mass is 9.97. The zero-order valence-electron chi connectivity index (χ0n) is 14.8. The molecule has 9 heteroatoms. The van der Waals surface area contributed by atoms with E-state index in [4.69, 9.17) is 5.26 Å². The fourth-order valence-corrected chi connectivity index (χ4v) is 4.20. The van der Waals surface area contributed by atoms with Crippen molar-refractivity contribution in [3.63, 3.8) is 0 Å². The summed E-state index contributed by atoms with van der Waals surface area (Å²) in [4.78, 5) is 30.0. The van der Waals surface area contributed by atoms with Crippen LogP contribution in [0.4, 0.5) is 13.2 Å². The first-order chi connectivity index (χ1) is 13.4. The third kappa shape index (κ3) is 2.93. The number of rotatable bonds is 4. The molecule has 0 aromatic heterocycles. The van der Waals surface area contributed by atoms with E-state index in [-0.39, 0.29) is 43.2 Å². The Kier molecular flexibility index (Phi) is 4.57. The fourth-order valence-electron chi connectivity index (χ4n) is 4.20. The minimum atomic E-state index is -1.40. The molecule has 1 saturated heterocycles. The van der Waals surface area contributed by atoms with Crippen LogP contribution in [-0.2, 0) is 9.59 Å². The van der Waals surface area contributed by atoms with Crippen LogP contribution in [0.1, 0.15) is 35.9 Å². The number of hydrogen-bond acceptors (Lipinski definition) is 4. The second-order valence-electron chi connectivity index (χ2n) is 7.27. The summed E-state index contributed by atoms with van der Waals surface area (Å²) in [6.07, 6.45) is -1.04. The number of fused-ring (bicyclic) bond motifs is 5. The molecule has 1 fully saturated rings. The summed E-state index contributed by atoms with van der Waals surface area (Å²) in [5.41, 5.74) is 0.780. The number of carbonyl (C=O) groups excluding carboxylic acids is 2. The normalized spacial score (nSPS) is 28.0. The highest BCUT2D eigenvalue weighted by Gasteiger charge is 2.50. The van der Waals surface area contributed by atoms with E-state index in [1.54, 1.807) is 0 Å². The molecule has 4 atom stereocenters. The minimum Gasteiger partial charge on any atom is -0.349 e. The molecular formula is C19H17F3N4O2. The molecule has 1 N–H and O–H groups in total. The van der Waals surface area contributed by atoms with Crippen molar-refractivity contribution in [2.24, 2.45) is 10.9 Å². The summed E-state index contributed by atoms with van der Waals surface area (Å²) >= 11 is 0. The molecule has 1 aromatic carbocycles. The van der Waals surface area contributed by atoms with Gasteiger partial charge in [0.05, 0.1) is 42.7 Å². The number of benzene rings is 1. The van der Waals surface area contributed by atoms with E-state index >= 15 is 0 Å². The number of alkyl halides is 1.